The van der Waals surface area contributed by atoms with Crippen molar-refractivity contribution in [3.63, 3.8) is 0 Å². The minimum absolute atomic E-state index is 0.441. The lowest BCUT2D eigenvalue weighted by Crippen LogP contribution is -2.50. The number of benzene rings is 3. The van der Waals surface area contributed by atoms with Crippen molar-refractivity contribution in [1.82, 2.24) is 10.6 Å². The molecule has 3 aromatic carbocycles. The van der Waals surface area contributed by atoms with Gasteiger partial charge in [-0.2, -0.15) is 5.26 Å². The van der Waals surface area contributed by atoms with Crippen molar-refractivity contribution in [3.8, 4) is 17.6 Å². The van der Waals surface area contributed by atoms with Gasteiger partial charge in [0.25, 0.3) is 5.91 Å². The van der Waals surface area contributed by atoms with E-state index in [-0.39, 0.29) is 0 Å². The van der Waals surface area contributed by atoms with E-state index in [2.05, 4.69) is 16.7 Å². The number of para-hydroxylation sites is 2. The van der Waals surface area contributed by atoms with Crippen molar-refractivity contribution in [2.45, 2.75) is 11.5 Å². The largest absolute Gasteiger partial charge is 0.457 e. The monoisotopic (exact) mass is 381 g/mol. The molecule has 0 saturated carbocycles. The van der Waals surface area contributed by atoms with Crippen molar-refractivity contribution in [2.75, 3.05) is 0 Å². The Kier molecular flexibility index (Phi) is 3.65. The molecule has 6 nitrogen and oxygen atoms in total. The van der Waals surface area contributed by atoms with Crippen LogP contribution < -0.4 is 15.4 Å². The molecule has 5 rings (SSSR count). The number of hydrogen-bond donors (Lipinski definition) is 2. The summed E-state index contributed by atoms with van der Waals surface area (Å²) in [6.07, 6.45) is 0. The highest BCUT2D eigenvalue weighted by Crippen LogP contribution is 2.52. The van der Waals surface area contributed by atoms with Crippen molar-refractivity contribution < 1.29 is 14.3 Å². The van der Waals surface area contributed by atoms with Gasteiger partial charge in [-0.1, -0.05) is 48.5 Å². The Morgan fingerprint density at radius 1 is 0.862 bits per heavy atom. The second-order valence-corrected chi connectivity index (χ2v) is 7.02. The number of hydrogen-bond acceptors (Lipinski definition) is 4. The molecule has 0 radical (unpaired) electrons. The molecule has 140 valence electrons. The van der Waals surface area contributed by atoms with Crippen molar-refractivity contribution in [2.24, 2.45) is 0 Å². The van der Waals surface area contributed by atoms with E-state index in [1.165, 1.54) is 0 Å². The Morgan fingerprint density at radius 3 is 1.97 bits per heavy atom. The predicted molar refractivity (Wildman–Crippen MR) is 104 cm³/mol. The number of nitrogens with one attached hydrogen (secondary N) is 2. The third kappa shape index (κ3) is 2.41. The van der Waals surface area contributed by atoms with Crippen molar-refractivity contribution >= 4 is 11.9 Å². The number of nitrogens with zero attached hydrogens (tertiary/aromatic N) is 1. The van der Waals surface area contributed by atoms with E-state index >= 15 is 0 Å². The van der Waals surface area contributed by atoms with Crippen LogP contribution in [0.25, 0.3) is 0 Å². The smallest absolute Gasteiger partial charge is 0.322 e. The number of rotatable bonds is 2. The first-order valence-corrected chi connectivity index (χ1v) is 9.13. The minimum Gasteiger partial charge on any atom is -0.457 e. The van der Waals surface area contributed by atoms with Gasteiger partial charge >= 0.3 is 6.03 Å². The molecule has 0 aromatic heterocycles. The fourth-order valence-corrected chi connectivity index (χ4v) is 4.23. The highest BCUT2D eigenvalue weighted by molar-refractivity contribution is 6.08. The number of imide groups is 1. The van der Waals surface area contributed by atoms with E-state index in [0.717, 1.165) is 11.1 Å². The molecule has 0 aliphatic carbocycles. The van der Waals surface area contributed by atoms with Crippen LogP contribution in [0.5, 0.6) is 11.5 Å². The lowest BCUT2D eigenvalue weighted by atomic mass is 9.69. The maximum absolute atomic E-state index is 13.3. The average Bonchev–Trinajstić information content (AvgIpc) is 3.06. The molecule has 3 amide bonds. The molecule has 1 saturated heterocycles. The summed E-state index contributed by atoms with van der Waals surface area (Å²) in [5.74, 6) is 0.322. The summed E-state index contributed by atoms with van der Waals surface area (Å²) in [4.78, 5) is 25.6. The molecule has 2 aliphatic rings. The maximum atomic E-state index is 13.3. The highest BCUT2D eigenvalue weighted by Gasteiger charge is 2.56. The summed E-state index contributed by atoms with van der Waals surface area (Å²) < 4.78 is 6.06. The Hall–Kier alpha value is -4.11. The normalized spacial score (nSPS) is 20.0. The van der Waals surface area contributed by atoms with Crippen molar-refractivity contribution in [3.05, 3.63) is 95.1 Å². The molecular formula is C23H15N3O3. The number of amides is 3. The fraction of sp³-hybridized carbons (Fsp3) is 0.0870. The van der Waals surface area contributed by atoms with Crippen LogP contribution in [0.2, 0.25) is 0 Å². The number of fused-ring (bicyclic) bond motifs is 2. The standard InChI is InChI=1S/C23H15N3O3/c24-13-14-9-11-15(12-10-14)23(21(27)25-22(28)26-23)20-16-5-1-3-7-18(16)29-19-8-4-2-6-17(19)20/h1-12,20H,(H2,25,26,27,28). The van der Waals surface area contributed by atoms with Crippen LogP contribution in [-0.4, -0.2) is 11.9 Å². The molecule has 1 atom stereocenters. The lowest BCUT2D eigenvalue weighted by molar-refractivity contribution is -0.124. The zero-order valence-electron chi connectivity index (χ0n) is 15.2. The summed E-state index contributed by atoms with van der Waals surface area (Å²) in [7, 11) is 0. The molecule has 1 fully saturated rings. The molecule has 2 heterocycles. The molecule has 2 aliphatic heterocycles. The summed E-state index contributed by atoms with van der Waals surface area (Å²) in [5.41, 5.74) is 1.29. The molecule has 0 spiro atoms. The Morgan fingerprint density at radius 2 is 1.45 bits per heavy atom. The number of nitriles is 1. The summed E-state index contributed by atoms with van der Waals surface area (Å²) in [6.45, 7) is 0. The first-order valence-electron chi connectivity index (χ1n) is 9.13. The number of ether oxygens (including phenoxy) is 1. The molecule has 1 unspecified atom stereocenters. The Labute approximate surface area is 166 Å². The van der Waals surface area contributed by atoms with E-state index < -0.39 is 23.4 Å². The van der Waals surface area contributed by atoms with E-state index in [4.69, 9.17) is 10.00 Å². The first-order chi connectivity index (χ1) is 14.1. The summed E-state index contributed by atoms with van der Waals surface area (Å²) >= 11 is 0. The van der Waals surface area contributed by atoms with Gasteiger partial charge in [-0.05, 0) is 29.8 Å². The number of carbonyl (C=O) groups excluding carboxylic acids is 2. The number of urea groups is 1. The topological polar surface area (TPSA) is 91.2 Å². The van der Waals surface area contributed by atoms with Gasteiger partial charge < -0.3 is 10.1 Å². The van der Waals surface area contributed by atoms with Gasteiger partial charge in [-0.3, -0.25) is 10.1 Å². The van der Waals surface area contributed by atoms with Crippen LogP contribution in [0.3, 0.4) is 0 Å². The molecular weight excluding hydrogens is 366 g/mol. The highest BCUT2D eigenvalue weighted by atomic mass is 16.5. The van der Waals surface area contributed by atoms with E-state index in [1.54, 1.807) is 24.3 Å². The second-order valence-electron chi connectivity index (χ2n) is 7.02. The Balaban J connectivity index is 1.81. The molecule has 2 N–H and O–H groups in total. The van der Waals surface area contributed by atoms with Gasteiger partial charge in [0.05, 0.1) is 17.6 Å². The van der Waals surface area contributed by atoms with Crippen LogP contribution in [-0.2, 0) is 10.3 Å². The third-order valence-corrected chi connectivity index (χ3v) is 5.48. The van der Waals surface area contributed by atoms with E-state index in [0.29, 0.717) is 22.6 Å². The number of carbonyl (C=O) groups is 2. The zero-order chi connectivity index (χ0) is 20.0. The van der Waals surface area contributed by atoms with Crippen LogP contribution >= 0.6 is 0 Å². The van der Waals surface area contributed by atoms with Gasteiger partial charge in [0, 0.05) is 11.1 Å². The lowest BCUT2D eigenvalue weighted by Gasteiger charge is -2.39. The minimum atomic E-state index is -1.37. The summed E-state index contributed by atoms with van der Waals surface area (Å²) in [6, 6.07) is 23.2. The first kappa shape index (κ1) is 17.0. The molecule has 0 bridgehead atoms. The Bertz CT molecular complexity index is 1150. The zero-order valence-corrected chi connectivity index (χ0v) is 15.2. The molecule has 6 heteroatoms. The quantitative estimate of drug-likeness (QED) is 0.665. The molecule has 3 aromatic rings. The van der Waals surface area contributed by atoms with Gasteiger partial charge in [-0.15, -0.1) is 0 Å². The van der Waals surface area contributed by atoms with Gasteiger partial charge in [0.2, 0.25) is 0 Å². The second kappa shape index (κ2) is 6.21. The van der Waals surface area contributed by atoms with Crippen LogP contribution in [0, 0.1) is 11.3 Å². The third-order valence-electron chi connectivity index (χ3n) is 5.48. The van der Waals surface area contributed by atoms with Crippen LogP contribution in [0.4, 0.5) is 4.79 Å². The fourth-order valence-electron chi connectivity index (χ4n) is 4.23. The summed E-state index contributed by atoms with van der Waals surface area (Å²) in [5, 5.41) is 14.4. The van der Waals surface area contributed by atoms with Gasteiger partial charge in [0.15, 0.2) is 5.54 Å². The van der Waals surface area contributed by atoms with Crippen LogP contribution in [0.1, 0.15) is 28.2 Å². The SMILES string of the molecule is N#Cc1ccc(C2(C3c4ccccc4Oc4ccccc43)NC(=O)NC2=O)cc1. The predicted octanol–water partition coefficient (Wildman–Crippen LogP) is 3.53. The van der Waals surface area contributed by atoms with E-state index in [1.807, 2.05) is 48.5 Å². The van der Waals surface area contributed by atoms with Crippen LogP contribution in [0.15, 0.2) is 72.8 Å². The van der Waals surface area contributed by atoms with E-state index in [9.17, 15) is 9.59 Å². The maximum Gasteiger partial charge on any atom is 0.322 e. The van der Waals surface area contributed by atoms with Gasteiger partial charge in [0.1, 0.15) is 11.5 Å². The molecule has 29 heavy (non-hydrogen) atoms. The average molecular weight is 381 g/mol. The van der Waals surface area contributed by atoms with Crippen molar-refractivity contribution in [1.29, 1.82) is 5.26 Å². The van der Waals surface area contributed by atoms with Gasteiger partial charge in [-0.25, -0.2) is 4.79 Å².